The molecule has 18 N–H and O–H groups in total. The first kappa shape index (κ1) is 87.4. The van der Waals surface area contributed by atoms with Gasteiger partial charge in [-0.3, -0.25) is 52.9 Å². The van der Waals surface area contributed by atoms with Crippen molar-refractivity contribution in [2.24, 2.45) is 5.73 Å². The molecule has 0 bridgehead atoms. The molecule has 0 unspecified atom stereocenters. The molecular formula is C91H84N26O10. The zero-order valence-electron chi connectivity index (χ0n) is 68.7. The first-order valence-corrected chi connectivity index (χ1v) is 39.7. The summed E-state index contributed by atoms with van der Waals surface area (Å²) in [5.41, 5.74) is 34.7. The molecule has 0 radical (unpaired) electrons. The number of ether oxygens (including phenoxy) is 1. The Kier molecular flexibility index (Phi) is 27.8. The molecule has 127 heavy (non-hydrogen) atoms. The fourth-order valence-corrected chi connectivity index (χ4v) is 14.0. The Bertz CT molecular complexity index is 6580. The molecule has 9 aromatic carbocycles. The van der Waals surface area contributed by atoms with E-state index in [1.54, 1.807) is 111 Å². The Balaban J connectivity index is 0.000000163. The van der Waals surface area contributed by atoms with E-state index in [4.69, 9.17) is 53.0 Å². The Morgan fingerprint density at radius 2 is 0.717 bits per heavy atom. The van der Waals surface area contributed by atoms with Crippen LogP contribution in [0.15, 0.2) is 252 Å². The van der Waals surface area contributed by atoms with Gasteiger partial charge in [-0.2, -0.15) is 10.5 Å². The number of nitrogens with two attached hydrogens (primary N) is 4. The summed E-state index contributed by atoms with van der Waals surface area (Å²) in [5.74, 6) is -0.390. The highest BCUT2D eigenvalue weighted by Crippen LogP contribution is 2.34. The summed E-state index contributed by atoms with van der Waals surface area (Å²) in [7, 11) is 1.34. The monoisotopic (exact) mass is 1700 g/mol. The number of aromatic nitrogens is 12. The lowest BCUT2D eigenvalue weighted by Gasteiger charge is -2.23. The number of hydroxylamine groups is 2. The first-order valence-electron chi connectivity index (χ1n) is 39.7. The summed E-state index contributed by atoms with van der Waals surface area (Å²) >= 11 is 0. The zero-order valence-corrected chi connectivity index (χ0v) is 68.7. The molecule has 638 valence electrons. The third-order valence-corrected chi connectivity index (χ3v) is 20.5. The molecule has 0 spiro atoms. The highest BCUT2D eigenvalue weighted by Gasteiger charge is 2.29. The van der Waals surface area contributed by atoms with Gasteiger partial charge in [0.25, 0.3) is 34.4 Å². The van der Waals surface area contributed by atoms with E-state index in [0.29, 0.717) is 140 Å². The van der Waals surface area contributed by atoms with Crippen molar-refractivity contribution >= 4 is 108 Å². The Hall–Kier alpha value is -17.4. The number of primary amides is 1. The number of carbonyl (C=O) groups is 4. The van der Waals surface area contributed by atoms with E-state index in [2.05, 4.69) is 61.8 Å². The number of nitrogens with one attached hydrogen (secondary N) is 8. The maximum atomic E-state index is 14.3. The summed E-state index contributed by atoms with van der Waals surface area (Å²) in [6, 6.07) is 66.8. The number of carbonyl (C=O) groups excluding carboxylic acids is 4. The van der Waals surface area contributed by atoms with Crippen LogP contribution < -0.4 is 82.5 Å². The molecule has 0 saturated carbocycles. The van der Waals surface area contributed by atoms with Crippen molar-refractivity contribution < 1.29 is 34.3 Å². The van der Waals surface area contributed by atoms with Crippen molar-refractivity contribution in [3.8, 4) is 29.2 Å². The van der Waals surface area contributed by atoms with Crippen LogP contribution >= 0.6 is 0 Å². The molecule has 15 rings (SSSR count). The third-order valence-electron chi connectivity index (χ3n) is 20.5. The fraction of sp³-hybridized carbons (Fsp3) is 0.143. The Labute approximate surface area is 724 Å². The van der Waals surface area contributed by atoms with Gasteiger partial charge in [0, 0.05) is 47.8 Å². The summed E-state index contributed by atoms with van der Waals surface area (Å²) < 4.78 is 9.45. The van der Waals surface area contributed by atoms with Crippen LogP contribution in [-0.4, -0.2) is 99.8 Å². The quantitative estimate of drug-likeness (QED) is 0.0123. The third kappa shape index (κ3) is 19.5. The predicted octanol–water partition coefficient (Wildman–Crippen LogP) is 11.7. The first-order chi connectivity index (χ1) is 61.7. The number of rotatable bonds is 28. The number of fused-ring (bicyclic) bond motifs is 3. The molecule has 0 aliphatic carbocycles. The van der Waals surface area contributed by atoms with Crippen LogP contribution in [0.3, 0.4) is 0 Å². The van der Waals surface area contributed by atoms with Gasteiger partial charge in [0.2, 0.25) is 0 Å². The summed E-state index contributed by atoms with van der Waals surface area (Å²) in [5, 5.41) is 57.9. The molecule has 3 amide bonds. The number of anilines is 9. The van der Waals surface area contributed by atoms with E-state index in [0.717, 1.165) is 16.7 Å². The minimum atomic E-state index is -0.788. The average Bonchev–Trinajstić information content (AvgIpc) is 0.761. The lowest BCUT2D eigenvalue weighted by Crippen LogP contribution is -2.29. The van der Waals surface area contributed by atoms with Gasteiger partial charge in [-0.05, 0) is 145 Å². The van der Waals surface area contributed by atoms with Gasteiger partial charge in [0.05, 0.1) is 80.6 Å². The second-order valence-electron chi connectivity index (χ2n) is 28.3. The van der Waals surface area contributed by atoms with Gasteiger partial charge >= 0.3 is 5.97 Å². The minimum absolute atomic E-state index is 0.0492. The van der Waals surface area contributed by atoms with E-state index in [1.807, 2.05) is 160 Å². The standard InChI is InChI=1S/C31H28N8O3.C30H29N9O4.C30H27N9O3/c1-3-23(37-28-22(16-32)27(33)35-18-36-28)29-38-25-11-7-10-24(26(25)30(40)39(29)21-8-5-4-6-9-21)34-17-19-12-14-20(15-13-19)31(41)42-2;1-2-20(36-27-24(26(32)40)25(31)34-16-35-27)28-37-22-10-6-9-21(23(22)30(42)39(28)19-7-4-3-5-8-19)33-15-17-11-13-18(14-12-17)29(41)38-43;1-2-22(36-27-21(15-31)26(32)34-17-35-27)28-37-24-10-6-9-23(25(24)30(41)39(28)20-7-4-3-5-8-20)33-16-18-11-13-19(14-12-18)29(40)38-42/h4-15,18,23,34H,3,17H2,1-2H3,(H3,33,35,36,37);3-14,16,20,33,43H,2,15H2,1H3,(H2,32,40)(H,38,41)(H3,31,34,35,36);3-14,17,22,33,42H,2,16H2,1H3,(H,38,40)(H3,32,34,35,36)/t23-;20-;22-/m000/s1. The van der Waals surface area contributed by atoms with Crippen LogP contribution in [-0.2, 0) is 24.4 Å². The van der Waals surface area contributed by atoms with Crippen LogP contribution in [0.1, 0.15) is 145 Å². The fourth-order valence-electron chi connectivity index (χ4n) is 14.0. The number of amides is 3. The maximum absolute atomic E-state index is 14.3. The second-order valence-corrected chi connectivity index (χ2v) is 28.3. The lowest BCUT2D eigenvalue weighted by atomic mass is 10.1. The normalized spacial score (nSPS) is 11.5. The van der Waals surface area contributed by atoms with Crippen molar-refractivity contribution in [2.45, 2.75) is 77.8 Å². The van der Waals surface area contributed by atoms with Crippen LogP contribution in [0, 0.1) is 22.7 Å². The molecule has 0 fully saturated rings. The molecule has 3 atom stereocenters. The van der Waals surface area contributed by atoms with Gasteiger partial charge in [-0.15, -0.1) is 0 Å². The van der Waals surface area contributed by atoms with Crippen molar-refractivity contribution in [1.29, 1.82) is 10.5 Å². The SMILES string of the molecule is CC[C@H](Nc1ncnc(N)c1C#N)c1nc2cccc(NCc3ccc(C(=O)NO)cc3)c2c(=O)n1-c1ccccc1.CC[C@H](Nc1ncnc(N)c1C#N)c1nc2cccc(NCc3ccc(C(=O)OC)cc3)c2c(=O)n1-c1ccccc1.CC[C@H](Nc1ncnc(N)c1C(N)=O)c1nc2cccc(NCc3ccc(C(=O)NO)cc3)c2c(=O)n1-c1ccccc1. The van der Waals surface area contributed by atoms with Gasteiger partial charge in [-0.1, -0.05) is 130 Å². The summed E-state index contributed by atoms with van der Waals surface area (Å²) in [4.78, 5) is 129. The smallest absolute Gasteiger partial charge is 0.337 e. The van der Waals surface area contributed by atoms with Crippen molar-refractivity contribution in [1.82, 2.24) is 69.5 Å². The van der Waals surface area contributed by atoms with Gasteiger partial charge in [-0.25, -0.2) is 60.6 Å². The molecule has 36 heteroatoms. The van der Waals surface area contributed by atoms with E-state index in [1.165, 1.54) is 30.7 Å². The second kappa shape index (κ2) is 40.3. The largest absolute Gasteiger partial charge is 0.465 e. The number of hydrogen-bond donors (Lipinski definition) is 14. The van der Waals surface area contributed by atoms with Crippen LogP contribution in [0.4, 0.5) is 52.0 Å². The zero-order chi connectivity index (χ0) is 89.8. The number of benzene rings is 9. The van der Waals surface area contributed by atoms with Crippen LogP contribution in [0.2, 0.25) is 0 Å². The average molecular weight is 1700 g/mol. The summed E-state index contributed by atoms with van der Waals surface area (Å²) in [6.45, 7) is 6.94. The molecule has 6 heterocycles. The van der Waals surface area contributed by atoms with Gasteiger partial charge in [0.15, 0.2) is 0 Å². The van der Waals surface area contributed by atoms with Crippen LogP contribution in [0.5, 0.6) is 0 Å². The molecule has 0 saturated heterocycles. The molecule has 36 nitrogen and oxygen atoms in total. The van der Waals surface area contributed by atoms with E-state index in [9.17, 15) is 44.1 Å². The van der Waals surface area contributed by atoms with Crippen molar-refractivity contribution in [3.63, 3.8) is 0 Å². The highest BCUT2D eigenvalue weighted by molar-refractivity contribution is 6.02. The minimum Gasteiger partial charge on any atom is -0.465 e. The van der Waals surface area contributed by atoms with Crippen molar-refractivity contribution in [3.05, 3.63) is 336 Å². The topological polar surface area (TPSA) is 548 Å². The highest BCUT2D eigenvalue weighted by atomic mass is 16.5. The molecule has 0 aliphatic heterocycles. The number of methoxy groups -OCH3 is 1. The number of hydrogen-bond acceptors (Lipinski definition) is 30. The predicted molar refractivity (Wildman–Crippen MR) is 480 cm³/mol. The number of nitriles is 2. The van der Waals surface area contributed by atoms with E-state index < -0.39 is 41.8 Å². The molecule has 15 aromatic rings. The van der Waals surface area contributed by atoms with E-state index >= 15 is 0 Å². The summed E-state index contributed by atoms with van der Waals surface area (Å²) in [6.07, 6.45) is 5.29. The van der Waals surface area contributed by atoms with Gasteiger partial charge in [0.1, 0.15) is 100 Å². The number of esters is 1. The lowest BCUT2D eigenvalue weighted by molar-refractivity contribution is 0.0599. The molecular weight excluding hydrogens is 1620 g/mol. The Morgan fingerprint density at radius 1 is 0.409 bits per heavy atom. The van der Waals surface area contributed by atoms with E-state index in [-0.39, 0.29) is 68.3 Å². The van der Waals surface area contributed by atoms with Gasteiger partial charge < -0.3 is 59.6 Å². The molecule has 0 aliphatic rings. The Morgan fingerprint density at radius 3 is 1.02 bits per heavy atom. The maximum Gasteiger partial charge on any atom is 0.337 e. The number of nitrogens with zero attached hydrogens (tertiary/aromatic N) is 14. The number of nitrogen functional groups attached to an aromatic ring is 3. The van der Waals surface area contributed by atoms with Crippen molar-refractivity contribution in [2.75, 3.05) is 56.2 Å². The van der Waals surface area contributed by atoms with Crippen LogP contribution in [0.25, 0.3) is 49.8 Å². The molecule has 6 aromatic heterocycles. The number of para-hydroxylation sites is 3.